The first-order chi connectivity index (χ1) is 8.85. The Morgan fingerprint density at radius 1 is 1.39 bits per heavy atom. The van der Waals surface area contributed by atoms with Gasteiger partial charge in [0, 0.05) is 13.2 Å². The van der Waals surface area contributed by atoms with Crippen LogP contribution in [0.3, 0.4) is 0 Å². The van der Waals surface area contributed by atoms with Crippen LogP contribution in [-0.2, 0) is 4.74 Å². The zero-order chi connectivity index (χ0) is 12.8. The summed E-state index contributed by atoms with van der Waals surface area (Å²) in [4.78, 5) is 11.0. The van der Waals surface area contributed by atoms with Crippen molar-refractivity contribution in [3.63, 3.8) is 0 Å². The third-order valence-corrected chi connectivity index (χ3v) is 3.16. The smallest absolute Gasteiger partial charge is 0.171 e. The zero-order valence-corrected chi connectivity index (χ0v) is 10.6. The SMILES string of the molecule is COc1cccc(C=O)c1OCC1CCOCC1. The van der Waals surface area contributed by atoms with Crippen molar-refractivity contribution in [1.29, 1.82) is 0 Å². The summed E-state index contributed by atoms with van der Waals surface area (Å²) in [6.45, 7) is 2.19. The molecule has 0 radical (unpaired) electrons. The average molecular weight is 250 g/mol. The van der Waals surface area contributed by atoms with Gasteiger partial charge >= 0.3 is 0 Å². The molecule has 4 heteroatoms. The molecule has 0 aromatic heterocycles. The lowest BCUT2D eigenvalue weighted by molar-refractivity contribution is 0.0492. The number of aldehydes is 1. The summed E-state index contributed by atoms with van der Waals surface area (Å²) in [5.41, 5.74) is 0.529. The third-order valence-electron chi connectivity index (χ3n) is 3.16. The fraction of sp³-hybridized carbons (Fsp3) is 0.500. The van der Waals surface area contributed by atoms with Gasteiger partial charge in [-0.3, -0.25) is 4.79 Å². The van der Waals surface area contributed by atoms with Crippen molar-refractivity contribution in [1.82, 2.24) is 0 Å². The summed E-state index contributed by atoms with van der Waals surface area (Å²) in [6.07, 6.45) is 2.80. The van der Waals surface area contributed by atoms with E-state index in [-0.39, 0.29) is 0 Å². The van der Waals surface area contributed by atoms with Gasteiger partial charge in [0.2, 0.25) is 0 Å². The average Bonchev–Trinajstić information content (AvgIpc) is 2.45. The van der Waals surface area contributed by atoms with Gasteiger partial charge in [0.15, 0.2) is 17.8 Å². The van der Waals surface area contributed by atoms with Crippen LogP contribution in [0.4, 0.5) is 0 Å². The van der Waals surface area contributed by atoms with Crippen molar-refractivity contribution in [2.24, 2.45) is 5.92 Å². The fourth-order valence-electron chi connectivity index (χ4n) is 2.06. The quantitative estimate of drug-likeness (QED) is 0.752. The highest BCUT2D eigenvalue weighted by molar-refractivity contribution is 5.81. The van der Waals surface area contributed by atoms with Crippen LogP contribution in [0.1, 0.15) is 23.2 Å². The van der Waals surface area contributed by atoms with E-state index in [9.17, 15) is 4.79 Å². The summed E-state index contributed by atoms with van der Waals surface area (Å²) < 4.78 is 16.3. The summed E-state index contributed by atoms with van der Waals surface area (Å²) in [7, 11) is 1.57. The maximum Gasteiger partial charge on any atom is 0.171 e. The second kappa shape index (κ2) is 6.40. The molecule has 0 N–H and O–H groups in total. The van der Waals surface area contributed by atoms with E-state index in [1.165, 1.54) is 0 Å². The van der Waals surface area contributed by atoms with Gasteiger partial charge in [0.25, 0.3) is 0 Å². The van der Waals surface area contributed by atoms with Gasteiger partial charge in [-0.05, 0) is 30.9 Å². The van der Waals surface area contributed by atoms with E-state index in [1.807, 2.05) is 0 Å². The number of carbonyl (C=O) groups excluding carboxylic acids is 1. The highest BCUT2D eigenvalue weighted by Crippen LogP contribution is 2.31. The van der Waals surface area contributed by atoms with Gasteiger partial charge in [-0.2, -0.15) is 0 Å². The molecule has 0 aliphatic carbocycles. The summed E-state index contributed by atoms with van der Waals surface area (Å²) in [5, 5.41) is 0. The maximum atomic E-state index is 11.0. The van der Waals surface area contributed by atoms with E-state index < -0.39 is 0 Å². The number of para-hydroxylation sites is 1. The Morgan fingerprint density at radius 3 is 2.83 bits per heavy atom. The summed E-state index contributed by atoms with van der Waals surface area (Å²) in [6, 6.07) is 5.31. The van der Waals surface area contributed by atoms with Crippen LogP contribution in [-0.4, -0.2) is 33.2 Å². The second-order valence-electron chi connectivity index (χ2n) is 4.36. The van der Waals surface area contributed by atoms with Gasteiger partial charge in [0.05, 0.1) is 19.3 Å². The third kappa shape index (κ3) is 3.01. The van der Waals surface area contributed by atoms with Crippen LogP contribution in [0.5, 0.6) is 11.5 Å². The van der Waals surface area contributed by atoms with Crippen LogP contribution in [0.2, 0.25) is 0 Å². The molecule has 0 saturated carbocycles. The Hall–Kier alpha value is -1.55. The first kappa shape index (κ1) is 12.9. The molecule has 0 amide bonds. The normalized spacial score (nSPS) is 16.3. The Balaban J connectivity index is 2.04. The van der Waals surface area contributed by atoms with Crippen molar-refractivity contribution >= 4 is 6.29 Å². The van der Waals surface area contributed by atoms with Crippen LogP contribution < -0.4 is 9.47 Å². The van der Waals surface area contributed by atoms with E-state index in [4.69, 9.17) is 14.2 Å². The lowest BCUT2D eigenvalue weighted by Crippen LogP contribution is -2.21. The van der Waals surface area contributed by atoms with Crippen molar-refractivity contribution in [2.45, 2.75) is 12.8 Å². The molecule has 2 rings (SSSR count). The zero-order valence-electron chi connectivity index (χ0n) is 10.6. The molecule has 0 atom stereocenters. The highest BCUT2D eigenvalue weighted by atomic mass is 16.5. The number of carbonyl (C=O) groups is 1. The Labute approximate surface area is 107 Å². The Morgan fingerprint density at radius 2 is 2.17 bits per heavy atom. The molecule has 0 unspecified atom stereocenters. The molecule has 1 aromatic carbocycles. The van der Waals surface area contributed by atoms with E-state index in [1.54, 1.807) is 25.3 Å². The molecule has 1 aliphatic heterocycles. The largest absolute Gasteiger partial charge is 0.493 e. The maximum absolute atomic E-state index is 11.0. The summed E-state index contributed by atoms with van der Waals surface area (Å²) in [5.74, 6) is 1.64. The fourth-order valence-corrected chi connectivity index (χ4v) is 2.06. The molecule has 98 valence electrons. The van der Waals surface area contributed by atoms with Crippen molar-refractivity contribution in [3.8, 4) is 11.5 Å². The van der Waals surface area contributed by atoms with Gasteiger partial charge in [-0.1, -0.05) is 6.07 Å². The molecule has 1 aromatic rings. The minimum atomic E-state index is 0.489. The van der Waals surface area contributed by atoms with Gasteiger partial charge < -0.3 is 14.2 Å². The minimum absolute atomic E-state index is 0.489. The predicted octanol–water partition coefficient (Wildman–Crippen LogP) is 2.31. The molecule has 1 heterocycles. The van der Waals surface area contributed by atoms with Crippen LogP contribution in [0.25, 0.3) is 0 Å². The van der Waals surface area contributed by atoms with E-state index >= 15 is 0 Å². The molecule has 1 aliphatic rings. The molecular weight excluding hydrogens is 232 g/mol. The molecular formula is C14H18O4. The van der Waals surface area contributed by atoms with Gasteiger partial charge in [0.1, 0.15) is 0 Å². The lowest BCUT2D eigenvalue weighted by atomic mass is 10.0. The van der Waals surface area contributed by atoms with Gasteiger partial charge in [-0.15, -0.1) is 0 Å². The van der Waals surface area contributed by atoms with Crippen LogP contribution in [0.15, 0.2) is 18.2 Å². The number of hydrogen-bond acceptors (Lipinski definition) is 4. The van der Waals surface area contributed by atoms with Gasteiger partial charge in [-0.25, -0.2) is 0 Å². The lowest BCUT2D eigenvalue weighted by Gasteiger charge is -2.23. The number of ether oxygens (including phenoxy) is 3. The molecule has 0 spiro atoms. The topological polar surface area (TPSA) is 44.8 Å². The number of benzene rings is 1. The van der Waals surface area contributed by atoms with E-state index in [2.05, 4.69) is 0 Å². The number of hydrogen-bond donors (Lipinski definition) is 0. The molecule has 18 heavy (non-hydrogen) atoms. The Kier molecular flexibility index (Phi) is 4.59. The Bertz CT molecular complexity index is 397. The second-order valence-corrected chi connectivity index (χ2v) is 4.36. The minimum Gasteiger partial charge on any atom is -0.493 e. The first-order valence-electron chi connectivity index (χ1n) is 6.18. The first-order valence-corrected chi connectivity index (χ1v) is 6.18. The molecule has 1 fully saturated rings. The molecule has 4 nitrogen and oxygen atoms in total. The van der Waals surface area contributed by atoms with Crippen molar-refractivity contribution < 1.29 is 19.0 Å². The number of methoxy groups -OCH3 is 1. The van der Waals surface area contributed by atoms with E-state index in [0.717, 1.165) is 32.3 Å². The predicted molar refractivity (Wildman–Crippen MR) is 67.4 cm³/mol. The monoisotopic (exact) mass is 250 g/mol. The number of rotatable bonds is 5. The van der Waals surface area contributed by atoms with Crippen LogP contribution >= 0.6 is 0 Å². The highest BCUT2D eigenvalue weighted by Gasteiger charge is 2.17. The summed E-state index contributed by atoms with van der Waals surface area (Å²) >= 11 is 0. The van der Waals surface area contributed by atoms with E-state index in [0.29, 0.717) is 29.6 Å². The standard InChI is InChI=1S/C14H18O4/c1-16-13-4-2-3-12(9-15)14(13)18-10-11-5-7-17-8-6-11/h2-4,9,11H,5-8,10H2,1H3. The molecule has 0 bridgehead atoms. The van der Waals surface area contributed by atoms with Crippen molar-refractivity contribution in [2.75, 3.05) is 26.9 Å². The molecule has 1 saturated heterocycles. The van der Waals surface area contributed by atoms with Crippen molar-refractivity contribution in [3.05, 3.63) is 23.8 Å². The van der Waals surface area contributed by atoms with Crippen LogP contribution in [0, 0.1) is 5.92 Å².